The Hall–Kier alpha value is -1.06. The number of carbonyl (C=O) groups is 1. The molecule has 0 atom stereocenters. The topological polar surface area (TPSA) is 29.5 Å². The van der Waals surface area contributed by atoms with Gasteiger partial charge in [0.25, 0.3) is 0 Å². The van der Waals surface area contributed by atoms with Gasteiger partial charge in [0.2, 0.25) is 0 Å². The molecule has 0 heterocycles. The van der Waals surface area contributed by atoms with Gasteiger partial charge in [0, 0.05) is 18.5 Å². The van der Waals surface area contributed by atoms with Crippen molar-refractivity contribution in [1.82, 2.24) is 4.90 Å². The van der Waals surface area contributed by atoms with E-state index in [1.165, 1.54) is 0 Å². The van der Waals surface area contributed by atoms with Crippen molar-refractivity contribution in [3.05, 3.63) is 28.8 Å². The third-order valence-electron chi connectivity index (χ3n) is 3.02. The summed E-state index contributed by atoms with van der Waals surface area (Å²) in [6.07, 6.45) is 0.518. The van der Waals surface area contributed by atoms with E-state index in [0.29, 0.717) is 22.8 Å². The SMILES string of the molecule is CCN(CC)CCC(=O)c1ccc(OC)c(Cl)c1. The van der Waals surface area contributed by atoms with E-state index in [4.69, 9.17) is 16.3 Å². The zero-order valence-electron chi connectivity index (χ0n) is 11.2. The molecule has 0 saturated carbocycles. The molecule has 0 N–H and O–H groups in total. The molecule has 3 nitrogen and oxygen atoms in total. The van der Waals surface area contributed by atoms with E-state index in [1.54, 1.807) is 25.3 Å². The predicted molar refractivity (Wildman–Crippen MR) is 74.7 cm³/mol. The van der Waals surface area contributed by atoms with Crippen LogP contribution in [0.2, 0.25) is 5.02 Å². The second-order valence-electron chi connectivity index (χ2n) is 4.05. The summed E-state index contributed by atoms with van der Waals surface area (Å²) in [5.41, 5.74) is 0.646. The minimum Gasteiger partial charge on any atom is -0.495 e. The lowest BCUT2D eigenvalue weighted by Crippen LogP contribution is -2.25. The molecular weight excluding hydrogens is 250 g/mol. The Labute approximate surface area is 114 Å². The Morgan fingerprint density at radius 3 is 2.50 bits per heavy atom. The van der Waals surface area contributed by atoms with Gasteiger partial charge in [-0.25, -0.2) is 0 Å². The number of halogens is 1. The largest absolute Gasteiger partial charge is 0.495 e. The van der Waals surface area contributed by atoms with Crippen molar-refractivity contribution in [2.75, 3.05) is 26.7 Å². The van der Waals surface area contributed by atoms with Gasteiger partial charge in [-0.15, -0.1) is 0 Å². The van der Waals surface area contributed by atoms with E-state index in [9.17, 15) is 4.79 Å². The van der Waals surface area contributed by atoms with Crippen LogP contribution in [0, 0.1) is 0 Å². The Balaban J connectivity index is 2.64. The van der Waals surface area contributed by atoms with Crippen LogP contribution in [-0.4, -0.2) is 37.4 Å². The minimum absolute atomic E-state index is 0.117. The van der Waals surface area contributed by atoms with Gasteiger partial charge in [-0.3, -0.25) is 4.79 Å². The Morgan fingerprint density at radius 1 is 1.33 bits per heavy atom. The fraction of sp³-hybridized carbons (Fsp3) is 0.500. The molecule has 0 saturated heterocycles. The zero-order valence-corrected chi connectivity index (χ0v) is 12.0. The number of Topliss-reactive ketones (excluding diaryl/α,β-unsaturated/α-hetero) is 1. The maximum Gasteiger partial charge on any atom is 0.164 e. The fourth-order valence-electron chi connectivity index (χ4n) is 1.78. The lowest BCUT2D eigenvalue weighted by Gasteiger charge is -2.17. The van der Waals surface area contributed by atoms with Crippen LogP contribution in [0.3, 0.4) is 0 Å². The number of ether oxygens (including phenoxy) is 1. The van der Waals surface area contributed by atoms with E-state index in [2.05, 4.69) is 18.7 Å². The number of ketones is 1. The molecule has 18 heavy (non-hydrogen) atoms. The van der Waals surface area contributed by atoms with Crippen molar-refractivity contribution >= 4 is 17.4 Å². The van der Waals surface area contributed by atoms with Crippen LogP contribution in [-0.2, 0) is 0 Å². The van der Waals surface area contributed by atoms with Gasteiger partial charge in [-0.1, -0.05) is 25.4 Å². The van der Waals surface area contributed by atoms with Crippen molar-refractivity contribution in [3.8, 4) is 5.75 Å². The van der Waals surface area contributed by atoms with E-state index in [-0.39, 0.29) is 5.78 Å². The van der Waals surface area contributed by atoms with Crippen LogP contribution in [0.5, 0.6) is 5.75 Å². The molecule has 0 aliphatic rings. The molecule has 100 valence electrons. The van der Waals surface area contributed by atoms with Crippen LogP contribution < -0.4 is 4.74 Å². The number of benzene rings is 1. The standard InChI is InChI=1S/C14H20ClNO2/c1-4-16(5-2)9-8-13(17)11-6-7-14(18-3)12(15)10-11/h6-7,10H,4-5,8-9H2,1-3H3. The van der Waals surface area contributed by atoms with E-state index >= 15 is 0 Å². The molecule has 4 heteroatoms. The molecule has 0 aliphatic heterocycles. The average Bonchev–Trinajstić information content (AvgIpc) is 2.39. The van der Waals surface area contributed by atoms with Crippen LogP contribution >= 0.6 is 11.6 Å². The highest BCUT2D eigenvalue weighted by atomic mass is 35.5. The molecule has 0 bridgehead atoms. The van der Waals surface area contributed by atoms with Gasteiger partial charge >= 0.3 is 0 Å². The molecule has 1 aromatic carbocycles. The number of hydrogen-bond donors (Lipinski definition) is 0. The van der Waals surface area contributed by atoms with Gasteiger partial charge in [-0.05, 0) is 31.3 Å². The zero-order chi connectivity index (χ0) is 13.5. The number of rotatable bonds is 7. The highest BCUT2D eigenvalue weighted by Crippen LogP contribution is 2.25. The van der Waals surface area contributed by atoms with Gasteiger partial charge in [-0.2, -0.15) is 0 Å². The van der Waals surface area contributed by atoms with Gasteiger partial charge in [0.05, 0.1) is 12.1 Å². The van der Waals surface area contributed by atoms with Crippen LogP contribution in [0.4, 0.5) is 0 Å². The molecule has 0 amide bonds. The second-order valence-corrected chi connectivity index (χ2v) is 4.46. The first-order chi connectivity index (χ1) is 8.62. The molecule has 0 radical (unpaired) electrons. The highest BCUT2D eigenvalue weighted by Gasteiger charge is 2.10. The van der Waals surface area contributed by atoms with Crippen molar-refractivity contribution in [3.63, 3.8) is 0 Å². The first-order valence-electron chi connectivity index (χ1n) is 6.21. The second kappa shape index (κ2) is 7.39. The molecule has 0 spiro atoms. The molecule has 1 aromatic rings. The van der Waals surface area contributed by atoms with Crippen molar-refractivity contribution in [1.29, 1.82) is 0 Å². The summed E-state index contributed by atoms with van der Waals surface area (Å²) in [5.74, 6) is 0.711. The molecule has 0 fully saturated rings. The summed E-state index contributed by atoms with van der Waals surface area (Å²) in [5, 5.41) is 0.478. The Morgan fingerprint density at radius 2 is 2.00 bits per heavy atom. The van der Waals surface area contributed by atoms with Gasteiger partial charge in [0.15, 0.2) is 5.78 Å². The maximum absolute atomic E-state index is 12.0. The average molecular weight is 270 g/mol. The normalized spacial score (nSPS) is 10.7. The monoisotopic (exact) mass is 269 g/mol. The van der Waals surface area contributed by atoms with E-state index in [0.717, 1.165) is 19.6 Å². The van der Waals surface area contributed by atoms with Crippen LogP contribution in [0.15, 0.2) is 18.2 Å². The summed E-state index contributed by atoms with van der Waals surface area (Å²) < 4.78 is 5.06. The maximum atomic E-state index is 12.0. The number of carbonyl (C=O) groups excluding carboxylic acids is 1. The van der Waals surface area contributed by atoms with Crippen molar-refractivity contribution < 1.29 is 9.53 Å². The summed E-state index contributed by atoms with van der Waals surface area (Å²) in [6, 6.07) is 5.16. The molecule has 0 unspecified atom stereocenters. The third kappa shape index (κ3) is 4.00. The smallest absolute Gasteiger partial charge is 0.164 e. The Bertz CT molecular complexity index is 403. The quantitative estimate of drug-likeness (QED) is 0.712. The van der Waals surface area contributed by atoms with E-state index < -0.39 is 0 Å². The first-order valence-corrected chi connectivity index (χ1v) is 6.59. The summed E-state index contributed by atoms with van der Waals surface area (Å²) >= 11 is 6.00. The lowest BCUT2D eigenvalue weighted by molar-refractivity contribution is 0.0966. The van der Waals surface area contributed by atoms with Gasteiger partial charge < -0.3 is 9.64 Å². The van der Waals surface area contributed by atoms with Crippen molar-refractivity contribution in [2.24, 2.45) is 0 Å². The molecule has 1 rings (SSSR count). The van der Waals surface area contributed by atoms with Gasteiger partial charge in [0.1, 0.15) is 5.75 Å². The van der Waals surface area contributed by atoms with Crippen LogP contribution in [0.25, 0.3) is 0 Å². The summed E-state index contributed by atoms with van der Waals surface area (Å²) in [6.45, 7) is 6.91. The Kier molecular flexibility index (Phi) is 6.16. The predicted octanol–water partition coefficient (Wildman–Crippen LogP) is 3.26. The molecular formula is C14H20ClNO2. The summed E-state index contributed by atoms with van der Waals surface area (Å²) in [4.78, 5) is 14.2. The number of methoxy groups -OCH3 is 1. The van der Waals surface area contributed by atoms with Crippen molar-refractivity contribution in [2.45, 2.75) is 20.3 Å². The number of hydrogen-bond acceptors (Lipinski definition) is 3. The van der Waals surface area contributed by atoms with Crippen LogP contribution in [0.1, 0.15) is 30.6 Å². The molecule has 0 aliphatic carbocycles. The molecule has 0 aromatic heterocycles. The fourth-order valence-corrected chi connectivity index (χ4v) is 2.04. The third-order valence-corrected chi connectivity index (χ3v) is 3.32. The summed E-state index contributed by atoms with van der Waals surface area (Å²) in [7, 11) is 1.56. The highest BCUT2D eigenvalue weighted by molar-refractivity contribution is 6.32. The first kappa shape index (κ1) is 15.0. The minimum atomic E-state index is 0.117. The number of nitrogens with zero attached hydrogens (tertiary/aromatic N) is 1. The lowest BCUT2D eigenvalue weighted by atomic mass is 10.1. The van der Waals surface area contributed by atoms with E-state index in [1.807, 2.05) is 0 Å².